The van der Waals surface area contributed by atoms with Crippen LogP contribution >= 0.6 is 0 Å². The maximum Gasteiger partial charge on any atom is 0.250 e. The number of carbonyl (C=O) groups excluding carboxylic acids is 1. The molecule has 0 fully saturated rings. The number of nitrogens with zero attached hydrogens (tertiary/aromatic N) is 1. The number of hydrogen-bond donors (Lipinski definition) is 2. The highest BCUT2D eigenvalue weighted by Crippen LogP contribution is 2.09. The summed E-state index contributed by atoms with van der Waals surface area (Å²) in [6, 6.07) is 3.50. The summed E-state index contributed by atoms with van der Waals surface area (Å²) in [4.78, 5) is 15.1. The summed E-state index contributed by atoms with van der Waals surface area (Å²) in [6.45, 7) is 3.17. The normalized spacial score (nSPS) is 10.4. The van der Waals surface area contributed by atoms with E-state index in [1.165, 1.54) is 51.1 Å². The lowest BCUT2D eigenvalue weighted by Gasteiger charge is -2.06. The maximum atomic E-state index is 10.9. The number of aromatic nitrogens is 1. The molecule has 0 saturated carbocycles. The molecular weight excluding hydrogens is 250 g/mol. The molecule has 0 radical (unpaired) electrons. The van der Waals surface area contributed by atoms with Crippen LogP contribution in [0.5, 0.6) is 0 Å². The fourth-order valence-corrected chi connectivity index (χ4v) is 2.12. The first-order valence-corrected chi connectivity index (χ1v) is 7.73. The Labute approximate surface area is 122 Å². The first-order chi connectivity index (χ1) is 9.74. The van der Waals surface area contributed by atoms with E-state index in [4.69, 9.17) is 5.73 Å². The number of primary amides is 1. The van der Waals surface area contributed by atoms with Crippen molar-refractivity contribution >= 4 is 11.7 Å². The molecule has 0 spiro atoms. The molecule has 0 aromatic carbocycles. The van der Waals surface area contributed by atoms with Crippen molar-refractivity contribution in [2.24, 2.45) is 5.73 Å². The quantitative estimate of drug-likeness (QED) is 0.605. The molecule has 0 aliphatic carbocycles. The number of rotatable bonds is 11. The summed E-state index contributed by atoms with van der Waals surface area (Å²) in [6.07, 6.45) is 12.0. The molecule has 3 N–H and O–H groups in total. The molecule has 112 valence electrons. The molecule has 1 aromatic heterocycles. The molecule has 0 aliphatic heterocycles. The Kier molecular flexibility index (Phi) is 8.43. The third kappa shape index (κ3) is 7.12. The first-order valence-electron chi connectivity index (χ1n) is 7.73. The molecule has 20 heavy (non-hydrogen) atoms. The monoisotopic (exact) mass is 277 g/mol. The number of unbranched alkanes of at least 4 members (excludes halogenated alkanes) is 7. The predicted octanol–water partition coefficient (Wildman–Crippen LogP) is 3.73. The minimum absolute atomic E-state index is 0.438. The van der Waals surface area contributed by atoms with E-state index in [1.807, 2.05) is 0 Å². The number of pyridine rings is 1. The molecule has 1 rings (SSSR count). The highest BCUT2D eigenvalue weighted by Gasteiger charge is 2.00. The predicted molar refractivity (Wildman–Crippen MR) is 83.9 cm³/mol. The molecule has 0 atom stereocenters. The van der Waals surface area contributed by atoms with Crippen LogP contribution in [0.4, 0.5) is 5.82 Å². The average molecular weight is 277 g/mol. The topological polar surface area (TPSA) is 68.0 Å². The third-order valence-electron chi connectivity index (χ3n) is 3.38. The largest absolute Gasteiger partial charge is 0.370 e. The molecule has 1 heterocycles. The number of hydrogen-bond acceptors (Lipinski definition) is 3. The van der Waals surface area contributed by atoms with Crippen LogP contribution in [-0.2, 0) is 0 Å². The second-order valence-electron chi connectivity index (χ2n) is 5.20. The maximum absolute atomic E-state index is 10.9. The van der Waals surface area contributed by atoms with E-state index >= 15 is 0 Å². The standard InChI is InChI=1S/C16H27N3O/c1-2-3-4-5-6-7-8-9-12-18-15-11-10-14(13-19-15)16(17)20/h10-11,13H,2-9,12H2,1H3,(H2,17,20)(H,18,19). The molecule has 0 bridgehead atoms. The zero-order valence-corrected chi connectivity index (χ0v) is 12.5. The molecule has 0 saturated heterocycles. The van der Waals surface area contributed by atoms with E-state index in [2.05, 4.69) is 17.2 Å². The average Bonchev–Trinajstić information content (AvgIpc) is 2.46. The fraction of sp³-hybridized carbons (Fsp3) is 0.625. The fourth-order valence-electron chi connectivity index (χ4n) is 2.12. The number of anilines is 1. The van der Waals surface area contributed by atoms with Gasteiger partial charge in [0.1, 0.15) is 5.82 Å². The van der Waals surface area contributed by atoms with Crippen molar-refractivity contribution in [3.63, 3.8) is 0 Å². The van der Waals surface area contributed by atoms with E-state index in [-0.39, 0.29) is 0 Å². The Bertz CT molecular complexity index is 376. The van der Waals surface area contributed by atoms with Crippen molar-refractivity contribution in [1.29, 1.82) is 0 Å². The van der Waals surface area contributed by atoms with Crippen LogP contribution in [0.3, 0.4) is 0 Å². The van der Waals surface area contributed by atoms with Crippen LogP contribution in [0.2, 0.25) is 0 Å². The van der Waals surface area contributed by atoms with Gasteiger partial charge < -0.3 is 11.1 Å². The molecule has 0 unspecified atom stereocenters. The second kappa shape index (κ2) is 10.2. The van der Waals surface area contributed by atoms with Crippen LogP contribution in [0, 0.1) is 0 Å². The van der Waals surface area contributed by atoms with Crippen molar-refractivity contribution in [2.45, 2.75) is 58.3 Å². The van der Waals surface area contributed by atoms with Crippen molar-refractivity contribution in [3.8, 4) is 0 Å². The summed E-state index contributed by atoms with van der Waals surface area (Å²) < 4.78 is 0. The molecule has 0 aliphatic rings. The molecule has 4 heteroatoms. The first kappa shape index (κ1) is 16.5. The van der Waals surface area contributed by atoms with Crippen LogP contribution in [-0.4, -0.2) is 17.4 Å². The summed E-state index contributed by atoms with van der Waals surface area (Å²) in [5.74, 6) is 0.366. The highest BCUT2D eigenvalue weighted by atomic mass is 16.1. The van der Waals surface area contributed by atoms with Gasteiger partial charge in [0.05, 0.1) is 5.56 Å². The van der Waals surface area contributed by atoms with Gasteiger partial charge in [-0.15, -0.1) is 0 Å². The van der Waals surface area contributed by atoms with E-state index in [1.54, 1.807) is 12.1 Å². The molecular formula is C16H27N3O. The Balaban J connectivity index is 2.02. The van der Waals surface area contributed by atoms with Gasteiger partial charge in [-0.25, -0.2) is 4.98 Å². The summed E-state index contributed by atoms with van der Waals surface area (Å²) >= 11 is 0. The Morgan fingerprint density at radius 1 is 1.10 bits per heavy atom. The van der Waals surface area contributed by atoms with Gasteiger partial charge in [-0.05, 0) is 18.6 Å². The van der Waals surface area contributed by atoms with E-state index in [0.717, 1.165) is 18.8 Å². The smallest absolute Gasteiger partial charge is 0.250 e. The lowest BCUT2D eigenvalue weighted by Crippen LogP contribution is -2.11. The SMILES string of the molecule is CCCCCCCCCCNc1ccc(C(N)=O)cn1. The van der Waals surface area contributed by atoms with Crippen molar-refractivity contribution in [1.82, 2.24) is 4.98 Å². The molecule has 1 aromatic rings. The molecule has 4 nitrogen and oxygen atoms in total. The minimum atomic E-state index is -0.438. The van der Waals surface area contributed by atoms with Gasteiger partial charge in [-0.2, -0.15) is 0 Å². The van der Waals surface area contributed by atoms with Gasteiger partial charge in [0.2, 0.25) is 5.91 Å². The van der Waals surface area contributed by atoms with Gasteiger partial charge in [-0.1, -0.05) is 51.9 Å². The molecule has 1 amide bonds. The number of amides is 1. The lowest BCUT2D eigenvalue weighted by molar-refractivity contribution is 0.1000. The van der Waals surface area contributed by atoms with Gasteiger partial charge in [-0.3, -0.25) is 4.79 Å². The van der Waals surface area contributed by atoms with E-state index in [0.29, 0.717) is 5.56 Å². The Morgan fingerprint density at radius 3 is 2.30 bits per heavy atom. The Hall–Kier alpha value is -1.58. The van der Waals surface area contributed by atoms with Crippen LogP contribution in [0.15, 0.2) is 18.3 Å². The number of nitrogens with one attached hydrogen (secondary N) is 1. The zero-order valence-electron chi connectivity index (χ0n) is 12.5. The van der Waals surface area contributed by atoms with Crippen molar-refractivity contribution in [3.05, 3.63) is 23.9 Å². The van der Waals surface area contributed by atoms with E-state index < -0.39 is 5.91 Å². The summed E-state index contributed by atoms with van der Waals surface area (Å²) in [7, 11) is 0. The van der Waals surface area contributed by atoms with Gasteiger partial charge in [0.25, 0.3) is 0 Å². The van der Waals surface area contributed by atoms with Crippen LogP contribution in [0.25, 0.3) is 0 Å². The minimum Gasteiger partial charge on any atom is -0.370 e. The van der Waals surface area contributed by atoms with Gasteiger partial charge >= 0.3 is 0 Å². The van der Waals surface area contributed by atoms with Crippen molar-refractivity contribution in [2.75, 3.05) is 11.9 Å². The summed E-state index contributed by atoms with van der Waals surface area (Å²) in [5.41, 5.74) is 5.61. The second-order valence-corrected chi connectivity index (χ2v) is 5.20. The van der Waals surface area contributed by atoms with E-state index in [9.17, 15) is 4.79 Å². The lowest BCUT2D eigenvalue weighted by atomic mass is 10.1. The Morgan fingerprint density at radius 2 is 1.75 bits per heavy atom. The van der Waals surface area contributed by atoms with Crippen LogP contribution < -0.4 is 11.1 Å². The number of carbonyl (C=O) groups is 1. The van der Waals surface area contributed by atoms with Crippen LogP contribution in [0.1, 0.15) is 68.6 Å². The summed E-state index contributed by atoms with van der Waals surface area (Å²) in [5, 5.41) is 3.26. The van der Waals surface area contributed by atoms with Gasteiger partial charge in [0.15, 0.2) is 0 Å². The third-order valence-corrected chi connectivity index (χ3v) is 3.38. The number of nitrogens with two attached hydrogens (primary N) is 1. The highest BCUT2D eigenvalue weighted by molar-refractivity contribution is 5.92. The van der Waals surface area contributed by atoms with Gasteiger partial charge in [0, 0.05) is 12.7 Å². The zero-order chi connectivity index (χ0) is 14.6. The van der Waals surface area contributed by atoms with Crippen molar-refractivity contribution < 1.29 is 4.79 Å².